The molecule has 0 unspecified atom stereocenters. The predicted molar refractivity (Wildman–Crippen MR) is 98.4 cm³/mol. The lowest BCUT2D eigenvalue weighted by atomic mass is 10.2. The van der Waals surface area contributed by atoms with Crippen molar-refractivity contribution in [3.8, 4) is 16.3 Å². The maximum absolute atomic E-state index is 5.98. The maximum atomic E-state index is 5.98. The third kappa shape index (κ3) is 3.32. The van der Waals surface area contributed by atoms with Crippen LogP contribution in [0.5, 0.6) is 5.75 Å². The summed E-state index contributed by atoms with van der Waals surface area (Å²) in [6.45, 7) is 6.21. The van der Waals surface area contributed by atoms with Gasteiger partial charge in [0.1, 0.15) is 23.1 Å². The molecule has 0 fully saturated rings. The number of ether oxygens (including phenoxy) is 1. The Kier molecular flexibility index (Phi) is 4.02. The zero-order valence-electron chi connectivity index (χ0n) is 14.3. The second kappa shape index (κ2) is 5.85. The Labute approximate surface area is 141 Å². The monoisotopic (exact) mass is 327 g/mol. The fourth-order valence-electron chi connectivity index (χ4n) is 2.58. The first kappa shape index (κ1) is 15.8. The molecule has 0 bridgehead atoms. The summed E-state index contributed by atoms with van der Waals surface area (Å²) in [5.74, 6) is 0.920. The molecule has 1 aromatic heterocycles. The smallest absolute Gasteiger partial charge is 0.269 e. The summed E-state index contributed by atoms with van der Waals surface area (Å²) in [6.07, 6.45) is 0. The number of fused-ring (bicyclic) bond motifs is 1. The summed E-state index contributed by atoms with van der Waals surface area (Å²) in [4.78, 5) is 0. The van der Waals surface area contributed by atoms with Gasteiger partial charge in [-0.2, -0.15) is 4.57 Å². The molecule has 0 aliphatic heterocycles. The first-order valence-electron chi connectivity index (χ1n) is 7.77. The molecule has 4 heteroatoms. The summed E-state index contributed by atoms with van der Waals surface area (Å²) in [5.41, 5.74) is 3.40. The molecule has 0 aliphatic rings. The van der Waals surface area contributed by atoms with Crippen LogP contribution in [-0.4, -0.2) is 12.6 Å². The van der Waals surface area contributed by atoms with Crippen molar-refractivity contribution in [3.05, 3.63) is 42.5 Å². The minimum atomic E-state index is -0.182. The Hall–Kier alpha value is -2.07. The number of aryl methyl sites for hydroxylation is 1. The molecule has 3 nitrogen and oxygen atoms in total. The van der Waals surface area contributed by atoms with Crippen LogP contribution < -0.4 is 14.6 Å². The van der Waals surface area contributed by atoms with Gasteiger partial charge in [0, 0.05) is 24.9 Å². The summed E-state index contributed by atoms with van der Waals surface area (Å²) in [6, 6.07) is 14.8. The quantitative estimate of drug-likeness (QED) is 0.711. The van der Waals surface area contributed by atoms with E-state index in [4.69, 9.17) is 4.74 Å². The second-order valence-electron chi connectivity index (χ2n) is 6.64. The van der Waals surface area contributed by atoms with E-state index in [1.165, 1.54) is 20.8 Å². The summed E-state index contributed by atoms with van der Waals surface area (Å²) in [5, 5.41) is 4.40. The molecule has 3 aromatic rings. The average molecular weight is 327 g/mol. The lowest BCUT2D eigenvalue weighted by Crippen LogP contribution is -2.28. The molecule has 0 amide bonds. The van der Waals surface area contributed by atoms with Crippen LogP contribution in [0.3, 0.4) is 0 Å². The first-order valence-corrected chi connectivity index (χ1v) is 8.59. The number of rotatable bonds is 3. The normalized spacial score (nSPS) is 11.7. The molecule has 120 valence electrons. The van der Waals surface area contributed by atoms with Gasteiger partial charge in [-0.15, -0.1) is 0 Å². The van der Waals surface area contributed by atoms with E-state index in [0.29, 0.717) is 0 Å². The highest BCUT2D eigenvalue weighted by Gasteiger charge is 2.20. The number of hydrogen-bond donors (Lipinski definition) is 1. The molecule has 3 rings (SSSR count). The van der Waals surface area contributed by atoms with E-state index in [0.717, 1.165) is 11.4 Å². The van der Waals surface area contributed by atoms with E-state index in [-0.39, 0.29) is 5.60 Å². The van der Waals surface area contributed by atoms with Crippen LogP contribution in [0.25, 0.3) is 20.8 Å². The lowest BCUT2D eigenvalue weighted by molar-refractivity contribution is -0.629. The van der Waals surface area contributed by atoms with Crippen molar-refractivity contribution in [3.63, 3.8) is 0 Å². The molecule has 0 saturated heterocycles. The molecular weight excluding hydrogens is 304 g/mol. The number of aromatic nitrogens is 1. The predicted octanol–water partition coefficient (Wildman–Crippen LogP) is 4.61. The highest BCUT2D eigenvalue weighted by Crippen LogP contribution is 2.32. The molecule has 0 radical (unpaired) electrons. The van der Waals surface area contributed by atoms with E-state index < -0.39 is 0 Å². The van der Waals surface area contributed by atoms with Crippen molar-refractivity contribution < 1.29 is 9.30 Å². The van der Waals surface area contributed by atoms with Gasteiger partial charge < -0.3 is 10.1 Å². The SMILES string of the molecule is CNc1ccc(-c2sc3cc(OC(C)(C)C)ccc3[n+]2C)cc1. The molecule has 1 heterocycles. The van der Waals surface area contributed by atoms with Crippen LogP contribution in [0.15, 0.2) is 42.5 Å². The Balaban J connectivity index is 2.03. The van der Waals surface area contributed by atoms with Crippen LogP contribution in [0.4, 0.5) is 5.69 Å². The van der Waals surface area contributed by atoms with E-state index in [1.54, 1.807) is 11.3 Å². The Bertz CT molecular complexity index is 829. The zero-order chi connectivity index (χ0) is 16.6. The third-order valence-corrected chi connectivity index (χ3v) is 4.90. The molecule has 0 saturated carbocycles. The van der Waals surface area contributed by atoms with Crippen LogP contribution in [0.1, 0.15) is 20.8 Å². The minimum Gasteiger partial charge on any atom is -0.488 e. The second-order valence-corrected chi connectivity index (χ2v) is 7.67. The fourth-order valence-corrected chi connectivity index (χ4v) is 3.77. The third-order valence-electron chi connectivity index (χ3n) is 3.65. The van der Waals surface area contributed by atoms with Crippen LogP contribution >= 0.6 is 11.3 Å². The van der Waals surface area contributed by atoms with E-state index in [2.05, 4.69) is 74.1 Å². The molecule has 0 spiro atoms. The first-order chi connectivity index (χ1) is 10.9. The number of thiazole rings is 1. The van der Waals surface area contributed by atoms with E-state index >= 15 is 0 Å². The number of nitrogens with one attached hydrogen (secondary N) is 1. The van der Waals surface area contributed by atoms with Gasteiger partial charge in [0.25, 0.3) is 5.01 Å². The van der Waals surface area contributed by atoms with Crippen molar-refractivity contribution >= 4 is 27.2 Å². The van der Waals surface area contributed by atoms with E-state index in [1.807, 2.05) is 13.1 Å². The van der Waals surface area contributed by atoms with Crippen molar-refractivity contribution in [2.75, 3.05) is 12.4 Å². The van der Waals surface area contributed by atoms with Crippen molar-refractivity contribution in [2.24, 2.45) is 7.05 Å². The Morgan fingerprint density at radius 3 is 2.35 bits per heavy atom. The van der Waals surface area contributed by atoms with Gasteiger partial charge in [-0.05, 0) is 51.1 Å². The standard InChI is InChI=1S/C19H22N2OS/c1-19(2,3)22-15-10-11-16-17(12-15)23-18(21(16)5)13-6-8-14(20-4)9-7-13/h6-12H,1-5H3/p+1. The number of anilines is 1. The van der Waals surface area contributed by atoms with Gasteiger partial charge in [0.15, 0.2) is 0 Å². The topological polar surface area (TPSA) is 25.1 Å². The maximum Gasteiger partial charge on any atom is 0.269 e. The number of nitrogens with zero attached hydrogens (tertiary/aromatic N) is 1. The molecule has 23 heavy (non-hydrogen) atoms. The zero-order valence-corrected chi connectivity index (χ0v) is 15.1. The van der Waals surface area contributed by atoms with Gasteiger partial charge >= 0.3 is 0 Å². The molecule has 1 N–H and O–H groups in total. The van der Waals surface area contributed by atoms with Crippen LogP contribution in [-0.2, 0) is 7.05 Å². The van der Waals surface area contributed by atoms with Crippen LogP contribution in [0, 0.1) is 0 Å². The van der Waals surface area contributed by atoms with Crippen molar-refractivity contribution in [1.82, 2.24) is 0 Å². The Morgan fingerprint density at radius 2 is 1.74 bits per heavy atom. The highest BCUT2D eigenvalue weighted by molar-refractivity contribution is 7.21. The largest absolute Gasteiger partial charge is 0.488 e. The number of hydrogen-bond acceptors (Lipinski definition) is 3. The summed E-state index contributed by atoms with van der Waals surface area (Å²) in [7, 11) is 4.05. The van der Waals surface area contributed by atoms with E-state index in [9.17, 15) is 0 Å². The van der Waals surface area contributed by atoms with Gasteiger partial charge in [-0.25, -0.2) is 0 Å². The summed E-state index contributed by atoms with van der Waals surface area (Å²) < 4.78 is 9.47. The van der Waals surface area contributed by atoms with Gasteiger partial charge in [0.05, 0.1) is 5.56 Å². The van der Waals surface area contributed by atoms with Crippen molar-refractivity contribution in [2.45, 2.75) is 26.4 Å². The number of benzene rings is 2. The lowest BCUT2D eigenvalue weighted by Gasteiger charge is -2.20. The van der Waals surface area contributed by atoms with Gasteiger partial charge in [-0.1, -0.05) is 11.3 Å². The molecular formula is C19H23N2OS+. The Morgan fingerprint density at radius 1 is 1.04 bits per heavy atom. The van der Waals surface area contributed by atoms with Crippen LogP contribution in [0.2, 0.25) is 0 Å². The fraction of sp³-hybridized carbons (Fsp3) is 0.316. The van der Waals surface area contributed by atoms with Gasteiger partial charge in [-0.3, -0.25) is 0 Å². The molecule has 0 aliphatic carbocycles. The average Bonchev–Trinajstić information content (AvgIpc) is 2.82. The molecule has 2 aromatic carbocycles. The molecule has 0 atom stereocenters. The van der Waals surface area contributed by atoms with Crippen molar-refractivity contribution in [1.29, 1.82) is 0 Å². The summed E-state index contributed by atoms with van der Waals surface area (Å²) >= 11 is 1.79. The van der Waals surface area contributed by atoms with Gasteiger partial charge in [0.2, 0.25) is 5.52 Å². The minimum absolute atomic E-state index is 0.182. The highest BCUT2D eigenvalue weighted by atomic mass is 32.1.